The van der Waals surface area contributed by atoms with Crippen LogP contribution in [0.4, 0.5) is 13.2 Å². The van der Waals surface area contributed by atoms with Gasteiger partial charge in [0.25, 0.3) is 5.91 Å². The maximum absolute atomic E-state index is 13.2. The number of sulfone groups is 1. The first-order valence-electron chi connectivity index (χ1n) is 12.2. The molecule has 40 heavy (non-hydrogen) atoms. The topological polar surface area (TPSA) is 139 Å². The summed E-state index contributed by atoms with van der Waals surface area (Å²) in [7, 11) is -7.35. The largest absolute Gasteiger partial charge is 0.416 e. The van der Waals surface area contributed by atoms with Crippen LogP contribution >= 0.6 is 11.8 Å². The molecule has 0 heterocycles. The van der Waals surface area contributed by atoms with Gasteiger partial charge in [0.1, 0.15) is 0 Å². The Morgan fingerprint density at radius 2 is 1.70 bits per heavy atom. The average Bonchev–Trinajstić information content (AvgIpc) is 2.87. The van der Waals surface area contributed by atoms with Gasteiger partial charge in [-0.1, -0.05) is 6.07 Å². The summed E-state index contributed by atoms with van der Waals surface area (Å²) in [6.45, 7) is -0.549. The van der Waals surface area contributed by atoms with E-state index in [2.05, 4.69) is 15.4 Å². The zero-order valence-corrected chi connectivity index (χ0v) is 24.1. The van der Waals surface area contributed by atoms with E-state index >= 15 is 0 Å². The van der Waals surface area contributed by atoms with Crippen molar-refractivity contribution in [2.75, 3.05) is 24.8 Å². The van der Waals surface area contributed by atoms with Gasteiger partial charge in [-0.05, 0) is 73.9 Å². The third-order valence-corrected chi connectivity index (χ3v) is 9.79. The van der Waals surface area contributed by atoms with Gasteiger partial charge in [-0.15, -0.1) is 11.8 Å². The first-order valence-corrected chi connectivity index (χ1v) is 16.9. The number of thioether (sulfide) groups is 1. The lowest BCUT2D eigenvalue weighted by molar-refractivity contribution is -0.137. The van der Waals surface area contributed by atoms with E-state index in [-0.39, 0.29) is 29.1 Å². The van der Waals surface area contributed by atoms with Gasteiger partial charge in [0.2, 0.25) is 15.9 Å². The van der Waals surface area contributed by atoms with Crippen LogP contribution in [-0.2, 0) is 30.8 Å². The molecule has 2 aromatic rings. The number of halogens is 3. The number of hydrogen-bond donors (Lipinski definition) is 3. The smallest absolute Gasteiger partial charge is 0.352 e. The fourth-order valence-electron chi connectivity index (χ4n) is 4.57. The molecule has 2 aromatic carbocycles. The van der Waals surface area contributed by atoms with Crippen molar-refractivity contribution in [1.82, 2.24) is 15.4 Å². The van der Waals surface area contributed by atoms with Crippen molar-refractivity contribution in [3.63, 3.8) is 0 Å². The van der Waals surface area contributed by atoms with Crippen LogP contribution in [0.5, 0.6) is 0 Å². The zero-order chi connectivity index (χ0) is 29.7. The van der Waals surface area contributed by atoms with Crippen LogP contribution in [0.1, 0.15) is 35.2 Å². The van der Waals surface area contributed by atoms with E-state index in [0.29, 0.717) is 12.5 Å². The summed E-state index contributed by atoms with van der Waals surface area (Å²) in [5.41, 5.74) is -1.28. The third kappa shape index (κ3) is 9.21. The summed E-state index contributed by atoms with van der Waals surface area (Å²) in [5.74, 6) is -2.54. The summed E-state index contributed by atoms with van der Waals surface area (Å²) in [6, 6.07) is 8.95. The first kappa shape index (κ1) is 31.9. The van der Waals surface area contributed by atoms with Gasteiger partial charge in [-0.3, -0.25) is 9.59 Å². The number of benzene rings is 2. The van der Waals surface area contributed by atoms with Gasteiger partial charge in [0.05, 0.1) is 29.0 Å². The van der Waals surface area contributed by atoms with Crippen LogP contribution in [0.25, 0.3) is 0 Å². The molecule has 0 bridgehead atoms. The van der Waals surface area contributed by atoms with E-state index in [1.165, 1.54) is 30.0 Å². The lowest BCUT2D eigenvalue weighted by atomic mass is 9.83. The number of hydrogen-bond acceptors (Lipinski definition) is 7. The fraction of sp³-hybridized carbons (Fsp3) is 0.440. The van der Waals surface area contributed by atoms with Crippen molar-refractivity contribution in [3.8, 4) is 0 Å². The molecule has 15 heteroatoms. The highest BCUT2D eigenvalue weighted by Crippen LogP contribution is 2.30. The summed E-state index contributed by atoms with van der Waals surface area (Å²) < 4.78 is 91.3. The first-order chi connectivity index (χ1) is 18.6. The second kappa shape index (κ2) is 12.9. The van der Waals surface area contributed by atoms with Crippen LogP contribution in [-0.4, -0.2) is 65.5 Å². The highest BCUT2D eigenvalue weighted by molar-refractivity contribution is 7.98. The predicted octanol–water partition coefficient (Wildman–Crippen LogP) is 2.83. The van der Waals surface area contributed by atoms with Crippen molar-refractivity contribution in [1.29, 1.82) is 0 Å². The standard InChI is InChI=1S/C25H30F3N3O6S3/c1-38-20-7-9-21(10-8-20)40(36,37)15-17-13-19(31-39(2,34)35)6-11-22(17)30-23(32)14-29-24(33)16-4-3-5-18(12-16)25(26,27)28/h3-5,7-10,12,17,19,22,31H,6,11,13-15H2,1-2H3,(H,29,33)(H,30,32)/t17-,19+,22+/m1/s1. The van der Waals surface area contributed by atoms with E-state index in [1.54, 1.807) is 12.1 Å². The van der Waals surface area contributed by atoms with Crippen molar-refractivity contribution in [2.24, 2.45) is 5.92 Å². The Hall–Kier alpha value is -2.62. The SMILES string of the molecule is CSc1ccc(S(=O)(=O)C[C@H]2C[C@@H](NS(C)(=O)=O)CC[C@@H]2NC(=O)CNC(=O)c2cccc(C(F)(F)F)c2)cc1. The van der Waals surface area contributed by atoms with Crippen molar-refractivity contribution in [3.05, 3.63) is 59.7 Å². The molecule has 0 radical (unpaired) electrons. The lowest BCUT2D eigenvalue weighted by Gasteiger charge is -2.36. The number of alkyl halides is 3. The van der Waals surface area contributed by atoms with Gasteiger partial charge in [-0.25, -0.2) is 21.6 Å². The van der Waals surface area contributed by atoms with Gasteiger partial charge >= 0.3 is 6.18 Å². The summed E-state index contributed by atoms with van der Waals surface area (Å²) in [4.78, 5) is 26.0. The Bertz CT molecular complexity index is 1430. The maximum atomic E-state index is 13.2. The van der Waals surface area contributed by atoms with Gasteiger partial charge < -0.3 is 10.6 Å². The minimum Gasteiger partial charge on any atom is -0.352 e. The van der Waals surface area contributed by atoms with Crippen LogP contribution in [0, 0.1) is 5.92 Å². The number of carbonyl (C=O) groups excluding carboxylic acids is 2. The Balaban J connectivity index is 1.70. The third-order valence-electron chi connectivity index (χ3n) is 6.42. The molecule has 1 aliphatic carbocycles. The van der Waals surface area contributed by atoms with E-state index in [1.807, 2.05) is 6.26 Å². The molecular weight excluding hydrogens is 591 g/mol. The molecule has 0 spiro atoms. The Labute approximate surface area is 235 Å². The van der Waals surface area contributed by atoms with E-state index in [9.17, 15) is 39.6 Å². The van der Waals surface area contributed by atoms with Crippen LogP contribution < -0.4 is 15.4 Å². The molecule has 0 aromatic heterocycles. The second-order valence-electron chi connectivity index (χ2n) is 9.55. The maximum Gasteiger partial charge on any atom is 0.416 e. The predicted molar refractivity (Wildman–Crippen MR) is 145 cm³/mol. The molecule has 3 atom stereocenters. The Morgan fingerprint density at radius 3 is 2.30 bits per heavy atom. The number of carbonyl (C=O) groups is 2. The van der Waals surface area contributed by atoms with E-state index in [4.69, 9.17) is 0 Å². The lowest BCUT2D eigenvalue weighted by Crippen LogP contribution is -2.52. The number of sulfonamides is 1. The monoisotopic (exact) mass is 621 g/mol. The highest BCUT2D eigenvalue weighted by Gasteiger charge is 2.36. The molecule has 2 amide bonds. The molecule has 1 aliphatic rings. The minimum atomic E-state index is -4.63. The molecule has 0 unspecified atom stereocenters. The Kier molecular flexibility index (Phi) is 10.3. The molecule has 0 saturated heterocycles. The minimum absolute atomic E-state index is 0.0990. The van der Waals surface area contributed by atoms with Crippen molar-refractivity contribution < 1.29 is 39.6 Å². The van der Waals surface area contributed by atoms with Crippen molar-refractivity contribution >= 4 is 43.4 Å². The summed E-state index contributed by atoms with van der Waals surface area (Å²) in [5, 5.41) is 4.98. The fourth-order valence-corrected chi connectivity index (χ4v) is 7.47. The molecular formula is C25H30F3N3O6S3. The average molecular weight is 622 g/mol. The molecule has 3 rings (SSSR count). The number of rotatable bonds is 10. The van der Waals surface area contributed by atoms with E-state index < -0.39 is 68.0 Å². The molecule has 3 N–H and O–H groups in total. The quantitative estimate of drug-likeness (QED) is 0.347. The van der Waals surface area contributed by atoms with Crippen LogP contribution in [0.2, 0.25) is 0 Å². The molecule has 1 saturated carbocycles. The van der Waals surface area contributed by atoms with Gasteiger partial charge in [-0.2, -0.15) is 13.2 Å². The zero-order valence-electron chi connectivity index (χ0n) is 21.7. The van der Waals surface area contributed by atoms with Gasteiger partial charge in [0.15, 0.2) is 9.84 Å². The van der Waals surface area contributed by atoms with Gasteiger partial charge in [0, 0.05) is 22.5 Å². The number of nitrogens with one attached hydrogen (secondary N) is 3. The second-order valence-corrected chi connectivity index (χ2v) is 14.2. The van der Waals surface area contributed by atoms with Crippen LogP contribution in [0.3, 0.4) is 0 Å². The molecule has 220 valence electrons. The highest BCUT2D eigenvalue weighted by atomic mass is 32.2. The number of amides is 2. The molecule has 9 nitrogen and oxygen atoms in total. The normalized spacial score (nSPS) is 20.1. The molecule has 0 aliphatic heterocycles. The van der Waals surface area contributed by atoms with Crippen molar-refractivity contribution in [2.45, 2.75) is 47.3 Å². The summed E-state index contributed by atoms with van der Waals surface area (Å²) >= 11 is 1.46. The van der Waals surface area contributed by atoms with E-state index in [0.717, 1.165) is 23.3 Å². The molecule has 1 fully saturated rings. The Morgan fingerprint density at radius 1 is 1.02 bits per heavy atom. The van der Waals surface area contributed by atoms with Crippen LogP contribution in [0.15, 0.2) is 58.3 Å². The summed E-state index contributed by atoms with van der Waals surface area (Å²) in [6.07, 6.45) is -1.01.